The number of hydrogen-bond acceptors (Lipinski definition) is 4. The molecule has 3 rings (SSSR count). The van der Waals surface area contributed by atoms with Crippen molar-refractivity contribution in [1.82, 2.24) is 0 Å². The van der Waals surface area contributed by atoms with Gasteiger partial charge in [0.05, 0.1) is 7.11 Å². The zero-order chi connectivity index (χ0) is 16.9. The van der Waals surface area contributed by atoms with E-state index in [2.05, 4.69) is 5.32 Å². The molecule has 24 heavy (non-hydrogen) atoms. The molecule has 0 saturated carbocycles. The Balaban J connectivity index is 1.63. The molecule has 0 aromatic heterocycles. The molecule has 1 heterocycles. The van der Waals surface area contributed by atoms with E-state index in [0.29, 0.717) is 25.4 Å². The summed E-state index contributed by atoms with van der Waals surface area (Å²) in [6.45, 7) is 3.16. The molecular formula is C19H21NO4. The number of carbonyl (C=O) groups excluding carboxylic acids is 1. The standard InChI is InChI=1S/C19H21NO4/c1-13(14-6-7-17-18(11-14)24-9-8-23-17)10-19(21)20-15-4-3-5-16(12-15)22-2/h3-7,11-13H,8-10H2,1-2H3,(H,20,21). The molecule has 2 aromatic carbocycles. The Morgan fingerprint density at radius 1 is 1.17 bits per heavy atom. The van der Waals surface area contributed by atoms with Gasteiger partial charge in [-0.05, 0) is 35.7 Å². The topological polar surface area (TPSA) is 56.8 Å². The smallest absolute Gasteiger partial charge is 0.224 e. The monoisotopic (exact) mass is 327 g/mol. The highest BCUT2D eigenvalue weighted by atomic mass is 16.6. The summed E-state index contributed by atoms with van der Waals surface area (Å²) in [4.78, 5) is 12.3. The van der Waals surface area contributed by atoms with Gasteiger partial charge in [-0.25, -0.2) is 0 Å². The summed E-state index contributed by atoms with van der Waals surface area (Å²) in [5.41, 5.74) is 1.79. The molecule has 2 aromatic rings. The molecule has 5 nitrogen and oxygen atoms in total. The number of ether oxygens (including phenoxy) is 3. The summed E-state index contributed by atoms with van der Waals surface area (Å²) in [5.74, 6) is 2.27. The first-order valence-electron chi connectivity index (χ1n) is 7.99. The summed E-state index contributed by atoms with van der Waals surface area (Å²) in [5, 5.41) is 2.90. The Hall–Kier alpha value is -2.69. The van der Waals surface area contributed by atoms with Crippen molar-refractivity contribution in [1.29, 1.82) is 0 Å². The number of nitrogens with one attached hydrogen (secondary N) is 1. The maximum atomic E-state index is 12.3. The fourth-order valence-corrected chi connectivity index (χ4v) is 2.68. The van der Waals surface area contributed by atoms with Crippen LogP contribution in [-0.4, -0.2) is 26.2 Å². The molecule has 126 valence electrons. The van der Waals surface area contributed by atoms with E-state index in [1.807, 2.05) is 43.3 Å². The van der Waals surface area contributed by atoms with Crippen LogP contribution in [0.25, 0.3) is 0 Å². The number of benzene rings is 2. The molecule has 5 heteroatoms. The van der Waals surface area contributed by atoms with Crippen LogP contribution >= 0.6 is 0 Å². The number of anilines is 1. The quantitative estimate of drug-likeness (QED) is 0.911. The van der Waals surface area contributed by atoms with Gasteiger partial charge in [-0.15, -0.1) is 0 Å². The van der Waals surface area contributed by atoms with Gasteiger partial charge in [0.25, 0.3) is 0 Å². The highest BCUT2D eigenvalue weighted by molar-refractivity contribution is 5.91. The second kappa shape index (κ2) is 7.25. The molecule has 0 bridgehead atoms. The van der Waals surface area contributed by atoms with Crippen LogP contribution in [0.3, 0.4) is 0 Å². The lowest BCUT2D eigenvalue weighted by molar-refractivity contribution is -0.116. The van der Waals surface area contributed by atoms with E-state index in [0.717, 1.165) is 22.7 Å². The maximum Gasteiger partial charge on any atom is 0.224 e. The molecule has 1 aliphatic heterocycles. The summed E-state index contributed by atoms with van der Waals surface area (Å²) in [7, 11) is 1.60. The van der Waals surface area contributed by atoms with Crippen LogP contribution in [0.15, 0.2) is 42.5 Å². The number of fused-ring (bicyclic) bond motifs is 1. The van der Waals surface area contributed by atoms with E-state index < -0.39 is 0 Å². The maximum absolute atomic E-state index is 12.3. The molecule has 0 radical (unpaired) electrons. The van der Waals surface area contributed by atoms with E-state index in [1.54, 1.807) is 13.2 Å². The summed E-state index contributed by atoms with van der Waals surface area (Å²) in [6, 6.07) is 13.2. The van der Waals surface area contributed by atoms with Crippen LogP contribution in [0.2, 0.25) is 0 Å². The van der Waals surface area contributed by atoms with E-state index in [9.17, 15) is 4.79 Å². The predicted octanol–water partition coefficient (Wildman–Crippen LogP) is 3.60. The van der Waals surface area contributed by atoms with Crippen molar-refractivity contribution < 1.29 is 19.0 Å². The molecule has 0 aliphatic carbocycles. The third-order valence-corrected chi connectivity index (χ3v) is 3.98. The van der Waals surface area contributed by atoms with E-state index >= 15 is 0 Å². The average Bonchev–Trinajstić information content (AvgIpc) is 2.61. The lowest BCUT2D eigenvalue weighted by Gasteiger charge is -2.20. The second-order valence-corrected chi connectivity index (χ2v) is 5.79. The molecule has 0 saturated heterocycles. The highest BCUT2D eigenvalue weighted by Crippen LogP contribution is 2.34. The fourth-order valence-electron chi connectivity index (χ4n) is 2.68. The molecule has 0 spiro atoms. The fraction of sp³-hybridized carbons (Fsp3) is 0.316. The number of amides is 1. The van der Waals surface area contributed by atoms with Crippen molar-refractivity contribution in [3.05, 3.63) is 48.0 Å². The third kappa shape index (κ3) is 3.79. The second-order valence-electron chi connectivity index (χ2n) is 5.79. The Bertz CT molecular complexity index is 729. The Morgan fingerprint density at radius 2 is 1.96 bits per heavy atom. The zero-order valence-corrected chi connectivity index (χ0v) is 13.9. The Labute approximate surface area is 141 Å². The molecule has 0 fully saturated rings. The SMILES string of the molecule is COc1cccc(NC(=O)CC(C)c2ccc3c(c2)OCCO3)c1. The number of hydrogen-bond donors (Lipinski definition) is 1. The van der Waals surface area contributed by atoms with Gasteiger partial charge < -0.3 is 19.5 Å². The molecule has 1 unspecified atom stereocenters. The summed E-state index contributed by atoms with van der Waals surface area (Å²) >= 11 is 0. The van der Waals surface area contributed by atoms with E-state index in [4.69, 9.17) is 14.2 Å². The first-order valence-corrected chi connectivity index (χ1v) is 7.99. The molecule has 1 N–H and O–H groups in total. The van der Waals surface area contributed by atoms with Gasteiger partial charge >= 0.3 is 0 Å². The minimum Gasteiger partial charge on any atom is -0.497 e. The highest BCUT2D eigenvalue weighted by Gasteiger charge is 2.16. The van der Waals surface area contributed by atoms with Gasteiger partial charge in [-0.3, -0.25) is 4.79 Å². The average molecular weight is 327 g/mol. The van der Waals surface area contributed by atoms with Crippen LogP contribution < -0.4 is 19.5 Å². The van der Waals surface area contributed by atoms with Gasteiger partial charge in [0, 0.05) is 18.2 Å². The largest absolute Gasteiger partial charge is 0.497 e. The van der Waals surface area contributed by atoms with Crippen LogP contribution in [0.4, 0.5) is 5.69 Å². The van der Waals surface area contributed by atoms with E-state index in [1.165, 1.54) is 0 Å². The first kappa shape index (κ1) is 16.2. The number of methoxy groups -OCH3 is 1. The van der Waals surface area contributed by atoms with Gasteiger partial charge in [0.1, 0.15) is 19.0 Å². The van der Waals surface area contributed by atoms with Crippen molar-refractivity contribution in [2.45, 2.75) is 19.3 Å². The van der Waals surface area contributed by atoms with Crippen molar-refractivity contribution in [3.8, 4) is 17.2 Å². The summed E-state index contributed by atoms with van der Waals surface area (Å²) < 4.78 is 16.3. The van der Waals surface area contributed by atoms with Crippen LogP contribution in [0, 0.1) is 0 Å². The lowest BCUT2D eigenvalue weighted by atomic mass is 9.97. The van der Waals surface area contributed by atoms with Crippen LogP contribution in [-0.2, 0) is 4.79 Å². The van der Waals surface area contributed by atoms with Crippen molar-refractivity contribution >= 4 is 11.6 Å². The van der Waals surface area contributed by atoms with Gasteiger partial charge in [-0.2, -0.15) is 0 Å². The normalized spacial score (nSPS) is 13.9. The van der Waals surface area contributed by atoms with Crippen LogP contribution in [0.5, 0.6) is 17.2 Å². The molecule has 1 aliphatic rings. The van der Waals surface area contributed by atoms with Crippen molar-refractivity contribution in [2.75, 3.05) is 25.6 Å². The van der Waals surface area contributed by atoms with Crippen molar-refractivity contribution in [3.63, 3.8) is 0 Å². The van der Waals surface area contributed by atoms with Gasteiger partial charge in [0.2, 0.25) is 5.91 Å². The Morgan fingerprint density at radius 3 is 2.75 bits per heavy atom. The Kier molecular flexibility index (Phi) is 4.89. The van der Waals surface area contributed by atoms with E-state index in [-0.39, 0.29) is 11.8 Å². The van der Waals surface area contributed by atoms with Crippen molar-refractivity contribution in [2.24, 2.45) is 0 Å². The molecule has 1 atom stereocenters. The third-order valence-electron chi connectivity index (χ3n) is 3.98. The lowest BCUT2D eigenvalue weighted by Crippen LogP contribution is -2.16. The molecule has 1 amide bonds. The zero-order valence-electron chi connectivity index (χ0n) is 13.9. The minimum atomic E-state index is -0.0364. The molecular weight excluding hydrogens is 306 g/mol. The predicted molar refractivity (Wildman–Crippen MR) is 92.1 cm³/mol. The van der Waals surface area contributed by atoms with Gasteiger partial charge in [0.15, 0.2) is 11.5 Å². The number of carbonyl (C=O) groups is 1. The van der Waals surface area contributed by atoms with Crippen LogP contribution in [0.1, 0.15) is 24.8 Å². The first-order chi connectivity index (χ1) is 11.7. The number of rotatable bonds is 5. The van der Waals surface area contributed by atoms with Gasteiger partial charge in [-0.1, -0.05) is 19.1 Å². The summed E-state index contributed by atoms with van der Waals surface area (Å²) in [6.07, 6.45) is 0.386. The minimum absolute atomic E-state index is 0.0364.